The maximum Gasteiger partial charge on any atom is 0.0972 e. The van der Waals surface area contributed by atoms with Crippen molar-refractivity contribution >= 4 is 65.5 Å². The van der Waals surface area contributed by atoms with Crippen molar-refractivity contribution in [2.45, 2.75) is 0 Å². The van der Waals surface area contributed by atoms with Crippen LogP contribution in [0.5, 0.6) is 0 Å². The van der Waals surface area contributed by atoms with Gasteiger partial charge in [-0.05, 0) is 78.3 Å². The second-order valence-corrected chi connectivity index (χ2v) is 16.6. The monoisotopic (exact) mass is 792 g/mol. The minimum atomic E-state index is 0.926. The Balaban J connectivity index is 1.03. The molecule has 9 aromatic carbocycles. The van der Waals surface area contributed by atoms with Crippen LogP contribution in [0, 0.1) is 0 Å². The van der Waals surface area contributed by atoms with Crippen molar-refractivity contribution in [1.29, 1.82) is 0 Å². The minimum Gasteiger partial charge on any atom is -0.254 e. The minimum absolute atomic E-state index is 0.926. The molecule has 0 aliphatic heterocycles. The highest BCUT2D eigenvalue weighted by molar-refractivity contribution is 7.20. The summed E-state index contributed by atoms with van der Waals surface area (Å²) in [5.74, 6) is 0. The van der Waals surface area contributed by atoms with Gasteiger partial charge < -0.3 is 0 Å². The molecule has 0 radical (unpaired) electrons. The fraction of sp³-hybridized carbons (Fsp3) is 0. The van der Waals surface area contributed by atoms with Gasteiger partial charge in [-0.1, -0.05) is 194 Å². The quantitative estimate of drug-likeness (QED) is 0.157. The highest BCUT2D eigenvalue weighted by Crippen LogP contribution is 2.54. The molecule has 0 fully saturated rings. The molecular formula is C58H36N2S. The Hall–Kier alpha value is -7.72. The van der Waals surface area contributed by atoms with Crippen LogP contribution in [-0.2, 0) is 0 Å². The summed E-state index contributed by atoms with van der Waals surface area (Å²) in [6.07, 6.45) is 1.85. The van der Waals surface area contributed by atoms with Crippen LogP contribution in [0.15, 0.2) is 219 Å². The Kier molecular flexibility index (Phi) is 8.39. The first-order chi connectivity index (χ1) is 30.3. The maximum absolute atomic E-state index is 5.23. The zero-order chi connectivity index (χ0) is 40.3. The first-order valence-electron chi connectivity index (χ1n) is 20.7. The number of benzene rings is 9. The Morgan fingerprint density at radius 3 is 1.56 bits per heavy atom. The molecule has 61 heavy (non-hydrogen) atoms. The molecule has 2 nitrogen and oxygen atoms in total. The van der Waals surface area contributed by atoms with Gasteiger partial charge in [0, 0.05) is 49.0 Å². The van der Waals surface area contributed by atoms with E-state index in [-0.39, 0.29) is 0 Å². The van der Waals surface area contributed by atoms with Gasteiger partial charge in [-0.2, -0.15) is 0 Å². The molecule has 12 rings (SSSR count). The lowest BCUT2D eigenvalue weighted by Gasteiger charge is -2.14. The van der Waals surface area contributed by atoms with Crippen LogP contribution in [-0.4, -0.2) is 9.97 Å². The zero-order valence-corrected chi connectivity index (χ0v) is 33.9. The van der Waals surface area contributed by atoms with Gasteiger partial charge in [0.2, 0.25) is 0 Å². The molecule has 0 N–H and O–H groups in total. The highest BCUT2D eigenvalue weighted by atomic mass is 32.1. The summed E-state index contributed by atoms with van der Waals surface area (Å²) in [7, 11) is 0. The fourth-order valence-corrected chi connectivity index (χ4v) is 10.7. The molecule has 0 unspecified atom stereocenters. The van der Waals surface area contributed by atoms with Gasteiger partial charge in [0.25, 0.3) is 0 Å². The van der Waals surface area contributed by atoms with Crippen LogP contribution in [0.25, 0.3) is 120 Å². The topological polar surface area (TPSA) is 25.8 Å². The number of rotatable bonds is 6. The highest BCUT2D eigenvalue weighted by Gasteiger charge is 2.25. The normalized spacial score (nSPS) is 11.6. The Morgan fingerprint density at radius 1 is 0.311 bits per heavy atom. The molecule has 0 bridgehead atoms. The molecule has 0 saturated heterocycles. The average molecular weight is 793 g/mol. The predicted octanol–water partition coefficient (Wildman–Crippen LogP) is 16.3. The first-order valence-corrected chi connectivity index (χ1v) is 21.5. The lowest BCUT2D eigenvalue weighted by atomic mass is 9.89. The van der Waals surface area contributed by atoms with Crippen LogP contribution in [0.4, 0.5) is 0 Å². The number of hydrogen-bond acceptors (Lipinski definition) is 3. The van der Waals surface area contributed by atoms with E-state index in [1.807, 2.05) is 23.6 Å². The molecule has 0 saturated carbocycles. The largest absolute Gasteiger partial charge is 0.254 e. The number of hydrogen-bond donors (Lipinski definition) is 0. The molecule has 3 aromatic heterocycles. The molecule has 3 heterocycles. The molecule has 12 aromatic rings. The second kappa shape index (κ2) is 14.5. The Bertz CT molecular complexity index is 3630. The number of thiophene rings is 1. The van der Waals surface area contributed by atoms with Gasteiger partial charge in [0.1, 0.15) is 0 Å². The van der Waals surface area contributed by atoms with E-state index in [9.17, 15) is 0 Å². The van der Waals surface area contributed by atoms with Crippen molar-refractivity contribution in [3.05, 3.63) is 219 Å². The third kappa shape index (κ3) is 5.93. The third-order valence-electron chi connectivity index (χ3n) is 12.1. The van der Waals surface area contributed by atoms with E-state index >= 15 is 0 Å². The van der Waals surface area contributed by atoms with Crippen molar-refractivity contribution in [1.82, 2.24) is 9.97 Å². The van der Waals surface area contributed by atoms with Gasteiger partial charge >= 0.3 is 0 Å². The van der Waals surface area contributed by atoms with Crippen molar-refractivity contribution in [3.8, 4) is 65.5 Å². The number of pyridine rings is 2. The standard InChI is InChI=1S/C58H36N2S/c1-3-14-38(15-4-1)53-54(39-16-5-2-6-17-39)58(51-36-43-18-7-8-20-44(43)46-21-10-12-24-49(46)51)61-57(53)42-29-25-37(26-30-42)45-32-33-50(48-23-11-9-22-47(45)48)52-34-31-41-28-27-40-19-13-35-59-55(40)56(41)60-52/h1-36H. The van der Waals surface area contributed by atoms with Crippen molar-refractivity contribution in [2.75, 3.05) is 0 Å². The Labute approximate surface area is 357 Å². The smallest absolute Gasteiger partial charge is 0.0972 e. The van der Waals surface area contributed by atoms with E-state index in [2.05, 4.69) is 206 Å². The van der Waals surface area contributed by atoms with Crippen LogP contribution < -0.4 is 0 Å². The van der Waals surface area contributed by atoms with Crippen LogP contribution in [0.3, 0.4) is 0 Å². The lowest BCUT2D eigenvalue weighted by molar-refractivity contribution is 1.37. The number of fused-ring (bicyclic) bond motifs is 7. The van der Waals surface area contributed by atoms with Crippen molar-refractivity contribution in [2.24, 2.45) is 0 Å². The van der Waals surface area contributed by atoms with Gasteiger partial charge in [0.05, 0.1) is 16.7 Å². The van der Waals surface area contributed by atoms with Gasteiger partial charge in [-0.25, -0.2) is 4.98 Å². The molecular weight excluding hydrogens is 757 g/mol. The lowest BCUT2D eigenvalue weighted by Crippen LogP contribution is -1.91. The molecule has 284 valence electrons. The van der Waals surface area contributed by atoms with Gasteiger partial charge in [-0.15, -0.1) is 11.3 Å². The molecule has 0 aliphatic carbocycles. The zero-order valence-electron chi connectivity index (χ0n) is 33.1. The van der Waals surface area contributed by atoms with E-state index in [1.54, 1.807) is 0 Å². The van der Waals surface area contributed by atoms with Crippen LogP contribution in [0.1, 0.15) is 0 Å². The van der Waals surface area contributed by atoms with Crippen molar-refractivity contribution < 1.29 is 0 Å². The average Bonchev–Trinajstić information content (AvgIpc) is 3.74. The summed E-state index contributed by atoms with van der Waals surface area (Å²) in [6, 6.07) is 77.0. The summed E-state index contributed by atoms with van der Waals surface area (Å²) in [5.41, 5.74) is 13.7. The number of nitrogens with zero attached hydrogens (tertiary/aromatic N) is 2. The fourth-order valence-electron chi connectivity index (χ4n) is 9.28. The van der Waals surface area contributed by atoms with Gasteiger partial charge in [0.15, 0.2) is 0 Å². The van der Waals surface area contributed by atoms with E-state index in [0.717, 1.165) is 33.1 Å². The predicted molar refractivity (Wildman–Crippen MR) is 260 cm³/mol. The summed E-state index contributed by atoms with van der Waals surface area (Å²) in [6.45, 7) is 0. The van der Waals surface area contributed by atoms with E-state index in [4.69, 9.17) is 9.97 Å². The molecule has 3 heteroatoms. The van der Waals surface area contributed by atoms with Crippen LogP contribution >= 0.6 is 11.3 Å². The summed E-state index contributed by atoms with van der Waals surface area (Å²) < 4.78 is 0. The molecule has 0 aliphatic rings. The number of aromatic nitrogens is 2. The van der Waals surface area contributed by atoms with Gasteiger partial charge in [-0.3, -0.25) is 4.98 Å². The van der Waals surface area contributed by atoms with E-state index in [1.165, 1.54) is 86.6 Å². The SMILES string of the molecule is c1ccc(-c2c(-c3ccc(-c4ccc(-c5ccc6ccc7cccnc7c6n5)c5ccccc45)cc3)sc(-c3cc4ccccc4c4ccccc34)c2-c2ccccc2)cc1. The third-order valence-corrected chi connectivity index (χ3v) is 13.4. The Morgan fingerprint density at radius 2 is 0.836 bits per heavy atom. The summed E-state index contributed by atoms with van der Waals surface area (Å²) in [5, 5.41) is 9.62. The van der Waals surface area contributed by atoms with E-state index in [0.29, 0.717) is 0 Å². The second-order valence-electron chi connectivity index (χ2n) is 15.6. The first kappa shape index (κ1) is 35.2. The van der Waals surface area contributed by atoms with Crippen molar-refractivity contribution in [3.63, 3.8) is 0 Å². The summed E-state index contributed by atoms with van der Waals surface area (Å²) in [4.78, 5) is 12.5. The maximum atomic E-state index is 5.23. The molecule has 0 amide bonds. The van der Waals surface area contributed by atoms with E-state index < -0.39 is 0 Å². The molecule has 0 spiro atoms. The van der Waals surface area contributed by atoms with Crippen LogP contribution in [0.2, 0.25) is 0 Å². The summed E-state index contributed by atoms with van der Waals surface area (Å²) >= 11 is 1.90. The molecule has 0 atom stereocenters.